The van der Waals surface area contributed by atoms with Crippen LogP contribution in [-0.2, 0) is 6.42 Å². The Bertz CT molecular complexity index is 352. The highest BCUT2D eigenvalue weighted by Gasteiger charge is 2.15. The van der Waals surface area contributed by atoms with Crippen LogP contribution in [0.4, 0.5) is 0 Å². The Kier molecular flexibility index (Phi) is 3.80. The van der Waals surface area contributed by atoms with Gasteiger partial charge >= 0.3 is 0 Å². The lowest BCUT2D eigenvalue weighted by molar-refractivity contribution is 0.276. The standard InChI is InChI=1S/C13H19NO2/c1-14-12(3-2-7-15)10-4-5-13-11(9-10)6-8-16-13/h4-5,9,12,14-15H,2-3,6-8H2,1H3. The highest BCUT2D eigenvalue weighted by molar-refractivity contribution is 5.40. The first-order chi connectivity index (χ1) is 7.85. The van der Waals surface area contributed by atoms with Gasteiger partial charge in [0.1, 0.15) is 5.75 Å². The zero-order valence-electron chi connectivity index (χ0n) is 9.70. The molecule has 1 heterocycles. The molecule has 0 aromatic heterocycles. The lowest BCUT2D eigenvalue weighted by Gasteiger charge is -2.16. The molecule has 3 heteroatoms. The van der Waals surface area contributed by atoms with E-state index < -0.39 is 0 Å². The minimum absolute atomic E-state index is 0.256. The molecule has 88 valence electrons. The van der Waals surface area contributed by atoms with Gasteiger partial charge < -0.3 is 15.2 Å². The first kappa shape index (κ1) is 11.4. The van der Waals surface area contributed by atoms with Crippen molar-refractivity contribution in [1.82, 2.24) is 5.32 Å². The molecule has 0 bridgehead atoms. The number of hydrogen-bond acceptors (Lipinski definition) is 3. The average Bonchev–Trinajstić information content (AvgIpc) is 2.77. The number of aliphatic hydroxyl groups is 1. The predicted molar refractivity (Wildman–Crippen MR) is 63.8 cm³/mol. The lowest BCUT2D eigenvalue weighted by Crippen LogP contribution is -2.16. The van der Waals surface area contributed by atoms with Crippen molar-refractivity contribution in [3.05, 3.63) is 29.3 Å². The minimum atomic E-state index is 0.256. The molecule has 0 amide bonds. The Morgan fingerprint density at radius 1 is 1.50 bits per heavy atom. The van der Waals surface area contributed by atoms with Gasteiger partial charge in [0.05, 0.1) is 6.61 Å². The van der Waals surface area contributed by atoms with Crippen LogP contribution in [0, 0.1) is 0 Å². The molecule has 0 saturated heterocycles. The summed E-state index contributed by atoms with van der Waals surface area (Å²) in [5.41, 5.74) is 2.60. The van der Waals surface area contributed by atoms with E-state index in [4.69, 9.17) is 9.84 Å². The molecule has 1 aromatic rings. The van der Waals surface area contributed by atoms with Crippen molar-refractivity contribution >= 4 is 0 Å². The van der Waals surface area contributed by atoms with E-state index in [9.17, 15) is 0 Å². The molecular weight excluding hydrogens is 202 g/mol. The molecule has 0 aliphatic carbocycles. The molecule has 1 aliphatic rings. The quantitative estimate of drug-likeness (QED) is 0.794. The molecule has 3 nitrogen and oxygen atoms in total. The van der Waals surface area contributed by atoms with Crippen molar-refractivity contribution in [2.75, 3.05) is 20.3 Å². The van der Waals surface area contributed by atoms with Crippen LogP contribution >= 0.6 is 0 Å². The molecule has 16 heavy (non-hydrogen) atoms. The van der Waals surface area contributed by atoms with Gasteiger partial charge in [-0.25, -0.2) is 0 Å². The molecule has 0 radical (unpaired) electrons. The van der Waals surface area contributed by atoms with Gasteiger partial charge in [0, 0.05) is 19.1 Å². The maximum Gasteiger partial charge on any atom is 0.122 e. The second-order valence-corrected chi connectivity index (χ2v) is 4.17. The second kappa shape index (κ2) is 5.32. The Labute approximate surface area is 96.4 Å². The maximum absolute atomic E-state index is 8.86. The topological polar surface area (TPSA) is 41.5 Å². The zero-order valence-corrected chi connectivity index (χ0v) is 9.70. The molecule has 0 spiro atoms. The highest BCUT2D eigenvalue weighted by atomic mass is 16.5. The van der Waals surface area contributed by atoms with Crippen molar-refractivity contribution in [3.63, 3.8) is 0 Å². The van der Waals surface area contributed by atoms with E-state index in [0.717, 1.165) is 31.6 Å². The highest BCUT2D eigenvalue weighted by Crippen LogP contribution is 2.29. The summed E-state index contributed by atoms with van der Waals surface area (Å²) in [6.07, 6.45) is 2.81. The van der Waals surface area contributed by atoms with Gasteiger partial charge in [0.2, 0.25) is 0 Å². The number of ether oxygens (including phenoxy) is 1. The van der Waals surface area contributed by atoms with E-state index in [2.05, 4.69) is 23.5 Å². The number of rotatable bonds is 5. The summed E-state index contributed by atoms with van der Waals surface area (Å²) in [5, 5.41) is 12.2. The first-order valence-corrected chi connectivity index (χ1v) is 5.89. The maximum atomic E-state index is 8.86. The van der Waals surface area contributed by atoms with Crippen LogP contribution in [0.5, 0.6) is 5.75 Å². The smallest absolute Gasteiger partial charge is 0.122 e. The second-order valence-electron chi connectivity index (χ2n) is 4.17. The summed E-state index contributed by atoms with van der Waals surface area (Å²) in [6.45, 7) is 1.06. The van der Waals surface area contributed by atoms with E-state index in [1.807, 2.05) is 7.05 Å². The molecule has 1 aromatic carbocycles. The summed E-state index contributed by atoms with van der Waals surface area (Å²) in [7, 11) is 1.96. The van der Waals surface area contributed by atoms with Gasteiger partial charge in [0.25, 0.3) is 0 Å². The summed E-state index contributed by atoms with van der Waals surface area (Å²) in [5.74, 6) is 1.03. The third kappa shape index (κ3) is 2.36. The molecule has 0 fully saturated rings. The molecule has 1 aliphatic heterocycles. The van der Waals surface area contributed by atoms with Gasteiger partial charge in [-0.1, -0.05) is 12.1 Å². The van der Waals surface area contributed by atoms with Crippen LogP contribution in [-0.4, -0.2) is 25.4 Å². The Morgan fingerprint density at radius 3 is 3.12 bits per heavy atom. The number of hydrogen-bond donors (Lipinski definition) is 2. The van der Waals surface area contributed by atoms with Crippen LogP contribution in [0.25, 0.3) is 0 Å². The van der Waals surface area contributed by atoms with Crippen molar-refractivity contribution in [2.24, 2.45) is 0 Å². The molecule has 1 unspecified atom stereocenters. The van der Waals surface area contributed by atoms with Crippen molar-refractivity contribution in [3.8, 4) is 5.75 Å². The van der Waals surface area contributed by atoms with Crippen LogP contribution in [0.15, 0.2) is 18.2 Å². The van der Waals surface area contributed by atoms with Gasteiger partial charge in [0.15, 0.2) is 0 Å². The van der Waals surface area contributed by atoms with E-state index in [1.54, 1.807) is 0 Å². The van der Waals surface area contributed by atoms with Gasteiger partial charge in [-0.2, -0.15) is 0 Å². The number of benzene rings is 1. The van der Waals surface area contributed by atoms with Gasteiger partial charge in [-0.3, -0.25) is 0 Å². The number of nitrogens with one attached hydrogen (secondary N) is 1. The third-order valence-corrected chi connectivity index (χ3v) is 3.12. The Morgan fingerprint density at radius 2 is 2.38 bits per heavy atom. The fourth-order valence-corrected chi connectivity index (χ4v) is 2.20. The van der Waals surface area contributed by atoms with Crippen LogP contribution in [0.1, 0.15) is 30.0 Å². The fourth-order valence-electron chi connectivity index (χ4n) is 2.20. The van der Waals surface area contributed by atoms with E-state index >= 15 is 0 Å². The summed E-state index contributed by atoms with van der Waals surface area (Å²) >= 11 is 0. The Balaban J connectivity index is 2.12. The normalized spacial score (nSPS) is 15.6. The van der Waals surface area contributed by atoms with E-state index in [0.29, 0.717) is 6.04 Å². The predicted octanol–water partition coefficient (Wildman–Crippen LogP) is 1.65. The number of aliphatic hydroxyl groups excluding tert-OH is 1. The van der Waals surface area contributed by atoms with Gasteiger partial charge in [-0.15, -0.1) is 0 Å². The lowest BCUT2D eigenvalue weighted by atomic mass is 9.99. The van der Waals surface area contributed by atoms with E-state index in [1.165, 1.54) is 11.1 Å². The zero-order chi connectivity index (χ0) is 11.4. The minimum Gasteiger partial charge on any atom is -0.493 e. The molecule has 2 rings (SSSR count). The largest absolute Gasteiger partial charge is 0.493 e. The number of fused-ring (bicyclic) bond motifs is 1. The summed E-state index contributed by atoms with van der Waals surface area (Å²) in [6, 6.07) is 6.72. The SMILES string of the molecule is CNC(CCCO)c1ccc2c(c1)CCO2. The molecular formula is C13H19NO2. The Hall–Kier alpha value is -1.06. The van der Waals surface area contributed by atoms with Crippen molar-refractivity contribution < 1.29 is 9.84 Å². The fraction of sp³-hybridized carbons (Fsp3) is 0.538. The third-order valence-electron chi connectivity index (χ3n) is 3.12. The molecule has 1 atom stereocenters. The first-order valence-electron chi connectivity index (χ1n) is 5.89. The van der Waals surface area contributed by atoms with E-state index in [-0.39, 0.29) is 6.61 Å². The average molecular weight is 221 g/mol. The van der Waals surface area contributed by atoms with Crippen LogP contribution in [0.3, 0.4) is 0 Å². The van der Waals surface area contributed by atoms with Crippen LogP contribution < -0.4 is 10.1 Å². The molecule has 2 N–H and O–H groups in total. The summed E-state index contributed by atoms with van der Waals surface area (Å²) in [4.78, 5) is 0. The summed E-state index contributed by atoms with van der Waals surface area (Å²) < 4.78 is 5.49. The van der Waals surface area contributed by atoms with Crippen LogP contribution in [0.2, 0.25) is 0 Å². The monoisotopic (exact) mass is 221 g/mol. The van der Waals surface area contributed by atoms with Gasteiger partial charge in [-0.05, 0) is 37.1 Å². The van der Waals surface area contributed by atoms with Crippen molar-refractivity contribution in [2.45, 2.75) is 25.3 Å². The van der Waals surface area contributed by atoms with Crippen molar-refractivity contribution in [1.29, 1.82) is 0 Å². The molecule has 0 saturated carbocycles.